The normalized spacial score (nSPS) is 13.3. The largest absolute Gasteiger partial charge is 0.480 e. The molecule has 0 aromatic rings. The van der Waals surface area contributed by atoms with Gasteiger partial charge in [-0.05, 0) is 13.3 Å². The average Bonchev–Trinajstić information content (AvgIpc) is 2.46. The first-order valence-electron chi connectivity index (χ1n) is 6.76. The van der Waals surface area contributed by atoms with Gasteiger partial charge in [0, 0.05) is 37.9 Å². The third kappa shape index (κ3) is 8.87. The van der Waals surface area contributed by atoms with Gasteiger partial charge in [0.1, 0.15) is 6.04 Å². The molecule has 21 heavy (non-hydrogen) atoms. The second kappa shape index (κ2) is 10.8. The zero-order chi connectivity index (χ0) is 16.4. The minimum Gasteiger partial charge on any atom is -0.480 e. The standard InChI is InChI=1S/C13H24N2O4S2/c1-9(5-6-11(16)14-3)21-20-8-7-12(17)15(4)10(2)13(18)19/h9-10H,5-8H2,1-4H3,(H,14,16)(H,18,19)/t9?,10-/m0/s1. The summed E-state index contributed by atoms with van der Waals surface area (Å²) < 4.78 is 0. The van der Waals surface area contributed by atoms with E-state index in [0.717, 1.165) is 6.42 Å². The molecule has 2 N–H and O–H groups in total. The van der Waals surface area contributed by atoms with E-state index in [1.165, 1.54) is 18.9 Å². The summed E-state index contributed by atoms with van der Waals surface area (Å²) in [7, 11) is 6.35. The van der Waals surface area contributed by atoms with E-state index >= 15 is 0 Å². The van der Waals surface area contributed by atoms with E-state index in [-0.39, 0.29) is 11.8 Å². The molecule has 2 amide bonds. The molecule has 0 aliphatic heterocycles. The van der Waals surface area contributed by atoms with Crippen LogP contribution < -0.4 is 5.32 Å². The van der Waals surface area contributed by atoms with Crippen molar-refractivity contribution in [1.29, 1.82) is 0 Å². The summed E-state index contributed by atoms with van der Waals surface area (Å²) >= 11 is 0. The molecule has 0 aromatic heterocycles. The van der Waals surface area contributed by atoms with Gasteiger partial charge in [-0.1, -0.05) is 28.5 Å². The Bertz CT molecular complexity index is 366. The highest BCUT2D eigenvalue weighted by atomic mass is 33.1. The number of hydrogen-bond acceptors (Lipinski definition) is 5. The van der Waals surface area contributed by atoms with Crippen LogP contribution in [0.4, 0.5) is 0 Å². The summed E-state index contributed by atoms with van der Waals surface area (Å²) in [6.45, 7) is 3.53. The fourth-order valence-electron chi connectivity index (χ4n) is 1.36. The van der Waals surface area contributed by atoms with E-state index < -0.39 is 12.0 Å². The number of amides is 2. The van der Waals surface area contributed by atoms with E-state index in [2.05, 4.69) is 5.32 Å². The number of nitrogens with zero attached hydrogens (tertiary/aromatic N) is 1. The highest BCUT2D eigenvalue weighted by Crippen LogP contribution is 2.29. The Balaban J connectivity index is 3.82. The molecule has 0 spiro atoms. The number of carbonyl (C=O) groups is 3. The van der Waals surface area contributed by atoms with Crippen LogP contribution in [0, 0.1) is 0 Å². The summed E-state index contributed by atoms with van der Waals surface area (Å²) in [5.41, 5.74) is 0. The topological polar surface area (TPSA) is 86.7 Å². The number of nitrogens with one attached hydrogen (secondary N) is 1. The molecular formula is C13H24N2O4S2. The monoisotopic (exact) mass is 336 g/mol. The summed E-state index contributed by atoms with van der Waals surface area (Å²) in [6, 6.07) is -0.804. The quantitative estimate of drug-likeness (QED) is 0.465. The lowest BCUT2D eigenvalue weighted by molar-refractivity contribution is -0.148. The van der Waals surface area contributed by atoms with E-state index in [4.69, 9.17) is 5.11 Å². The van der Waals surface area contributed by atoms with Crippen LogP contribution in [0.3, 0.4) is 0 Å². The molecule has 122 valence electrons. The van der Waals surface area contributed by atoms with Gasteiger partial charge in [-0.15, -0.1) is 0 Å². The van der Waals surface area contributed by atoms with Gasteiger partial charge in [-0.2, -0.15) is 0 Å². The number of carboxylic acid groups (broad SMARTS) is 1. The van der Waals surface area contributed by atoms with Crippen molar-refractivity contribution in [2.75, 3.05) is 19.8 Å². The predicted octanol–water partition coefficient (Wildman–Crippen LogP) is 1.60. The van der Waals surface area contributed by atoms with Crippen molar-refractivity contribution in [3.63, 3.8) is 0 Å². The molecular weight excluding hydrogens is 312 g/mol. The highest BCUT2D eigenvalue weighted by Gasteiger charge is 2.21. The minimum atomic E-state index is -1.00. The third-order valence-electron chi connectivity index (χ3n) is 3.02. The van der Waals surface area contributed by atoms with Gasteiger partial charge in [-0.3, -0.25) is 9.59 Å². The Labute approximate surface area is 133 Å². The molecule has 0 radical (unpaired) electrons. The SMILES string of the molecule is CNC(=O)CCC(C)SSCCC(=O)N(C)[C@@H](C)C(=O)O. The molecule has 0 aliphatic carbocycles. The van der Waals surface area contributed by atoms with Crippen molar-refractivity contribution < 1.29 is 19.5 Å². The zero-order valence-corrected chi connectivity index (χ0v) is 14.6. The van der Waals surface area contributed by atoms with E-state index in [1.807, 2.05) is 6.92 Å². The lowest BCUT2D eigenvalue weighted by Gasteiger charge is -2.21. The van der Waals surface area contributed by atoms with Gasteiger partial charge >= 0.3 is 5.97 Å². The van der Waals surface area contributed by atoms with Gasteiger partial charge in [0.2, 0.25) is 11.8 Å². The first-order chi connectivity index (χ1) is 9.79. The van der Waals surface area contributed by atoms with Crippen LogP contribution in [0.1, 0.15) is 33.1 Å². The molecule has 0 aromatic carbocycles. The maximum atomic E-state index is 11.8. The van der Waals surface area contributed by atoms with Gasteiger partial charge < -0.3 is 15.3 Å². The Morgan fingerprint density at radius 3 is 2.38 bits per heavy atom. The van der Waals surface area contributed by atoms with Crippen molar-refractivity contribution in [2.24, 2.45) is 0 Å². The fraction of sp³-hybridized carbons (Fsp3) is 0.769. The van der Waals surface area contributed by atoms with Crippen molar-refractivity contribution in [3.05, 3.63) is 0 Å². The molecule has 0 heterocycles. The molecule has 1 unspecified atom stereocenters. The van der Waals surface area contributed by atoms with Crippen molar-refractivity contribution in [3.8, 4) is 0 Å². The lowest BCUT2D eigenvalue weighted by atomic mass is 10.2. The second-order valence-corrected chi connectivity index (χ2v) is 7.64. The first-order valence-corrected chi connectivity index (χ1v) is 9.15. The van der Waals surface area contributed by atoms with Crippen LogP contribution in [0.25, 0.3) is 0 Å². The molecule has 0 saturated carbocycles. The van der Waals surface area contributed by atoms with Crippen LogP contribution >= 0.6 is 21.6 Å². The van der Waals surface area contributed by atoms with Crippen LogP contribution in [-0.2, 0) is 14.4 Å². The smallest absolute Gasteiger partial charge is 0.326 e. The number of likely N-dealkylation sites (N-methyl/N-ethyl adjacent to an activating group) is 1. The Hall–Kier alpha value is -0.890. The van der Waals surface area contributed by atoms with Crippen LogP contribution in [0.15, 0.2) is 0 Å². The van der Waals surface area contributed by atoms with Crippen LogP contribution in [0.2, 0.25) is 0 Å². The van der Waals surface area contributed by atoms with E-state index in [9.17, 15) is 14.4 Å². The molecule has 0 rings (SSSR count). The number of rotatable bonds is 10. The summed E-state index contributed by atoms with van der Waals surface area (Å²) in [4.78, 5) is 34.9. The summed E-state index contributed by atoms with van der Waals surface area (Å²) in [5, 5.41) is 11.7. The number of carbonyl (C=O) groups excluding carboxylic acids is 2. The van der Waals surface area contributed by atoms with Crippen molar-refractivity contribution in [1.82, 2.24) is 10.2 Å². The molecule has 0 saturated heterocycles. The van der Waals surface area contributed by atoms with Gasteiger partial charge in [-0.25, -0.2) is 4.79 Å². The molecule has 0 aliphatic rings. The Morgan fingerprint density at radius 2 is 1.86 bits per heavy atom. The molecule has 0 bridgehead atoms. The lowest BCUT2D eigenvalue weighted by Crippen LogP contribution is -2.40. The predicted molar refractivity (Wildman–Crippen MR) is 87.3 cm³/mol. The molecule has 8 heteroatoms. The van der Waals surface area contributed by atoms with Crippen LogP contribution in [0.5, 0.6) is 0 Å². The maximum Gasteiger partial charge on any atom is 0.326 e. The van der Waals surface area contributed by atoms with Gasteiger partial charge in [0.25, 0.3) is 0 Å². The van der Waals surface area contributed by atoms with E-state index in [0.29, 0.717) is 23.8 Å². The molecule has 2 atom stereocenters. The highest BCUT2D eigenvalue weighted by molar-refractivity contribution is 8.76. The van der Waals surface area contributed by atoms with Crippen molar-refractivity contribution in [2.45, 2.75) is 44.4 Å². The number of aliphatic carboxylic acids is 1. The Morgan fingerprint density at radius 1 is 1.24 bits per heavy atom. The second-order valence-electron chi connectivity index (χ2n) is 4.71. The average molecular weight is 336 g/mol. The zero-order valence-electron chi connectivity index (χ0n) is 12.9. The minimum absolute atomic E-state index is 0.0342. The number of hydrogen-bond donors (Lipinski definition) is 2. The Kier molecular flexibility index (Phi) is 10.3. The van der Waals surface area contributed by atoms with Gasteiger partial charge in [0.15, 0.2) is 0 Å². The number of carboxylic acids is 1. The summed E-state index contributed by atoms with van der Waals surface area (Å²) in [6.07, 6.45) is 1.61. The van der Waals surface area contributed by atoms with Gasteiger partial charge in [0.05, 0.1) is 0 Å². The third-order valence-corrected chi connectivity index (χ3v) is 5.99. The molecule has 6 nitrogen and oxygen atoms in total. The maximum absolute atomic E-state index is 11.8. The van der Waals surface area contributed by atoms with Crippen LogP contribution in [-0.4, -0.2) is 58.9 Å². The summed E-state index contributed by atoms with van der Waals surface area (Å²) in [5.74, 6) is -0.511. The van der Waals surface area contributed by atoms with E-state index in [1.54, 1.807) is 28.6 Å². The fourth-order valence-corrected chi connectivity index (χ4v) is 3.68. The van der Waals surface area contributed by atoms with Crippen molar-refractivity contribution >= 4 is 39.4 Å². The molecule has 0 fully saturated rings. The first kappa shape index (κ1) is 20.1.